The minimum absolute atomic E-state index is 0.494. The van der Waals surface area contributed by atoms with Crippen molar-refractivity contribution in [3.8, 4) is 16.8 Å². The summed E-state index contributed by atoms with van der Waals surface area (Å²) >= 11 is 1.87. The zero-order valence-corrected chi connectivity index (χ0v) is 37.9. The summed E-state index contributed by atoms with van der Waals surface area (Å²) in [6.45, 7) is 5.14. The fourth-order valence-electron chi connectivity index (χ4n) is 12.1. The first kappa shape index (κ1) is 36.9. The molecule has 0 bridgehead atoms. The Morgan fingerprint density at radius 2 is 1.03 bits per heavy atom. The molecule has 0 saturated heterocycles. The maximum absolute atomic E-state index is 2.59. The second-order valence-electron chi connectivity index (χ2n) is 18.4. The highest BCUT2D eigenvalue weighted by molar-refractivity contribution is 7.25. The molecular formula is C61H42N2SSi. The number of benzene rings is 10. The van der Waals surface area contributed by atoms with Crippen molar-refractivity contribution in [1.29, 1.82) is 0 Å². The van der Waals surface area contributed by atoms with Crippen LogP contribution in [0.15, 0.2) is 218 Å². The van der Waals surface area contributed by atoms with Crippen LogP contribution in [0.2, 0.25) is 13.1 Å². The molecule has 1 atom stereocenters. The van der Waals surface area contributed by atoms with Gasteiger partial charge in [0.05, 0.1) is 16.4 Å². The Morgan fingerprint density at radius 1 is 0.415 bits per heavy atom. The van der Waals surface area contributed by atoms with Crippen LogP contribution in [-0.4, -0.2) is 12.6 Å². The van der Waals surface area contributed by atoms with E-state index in [1.807, 2.05) is 11.3 Å². The molecule has 65 heavy (non-hydrogen) atoms. The van der Waals surface area contributed by atoms with Gasteiger partial charge in [-0.2, -0.15) is 0 Å². The van der Waals surface area contributed by atoms with E-state index in [0.717, 1.165) is 17.1 Å². The van der Waals surface area contributed by atoms with E-state index in [-0.39, 0.29) is 0 Å². The summed E-state index contributed by atoms with van der Waals surface area (Å²) < 4.78 is 5.05. The van der Waals surface area contributed by atoms with Gasteiger partial charge in [-0.15, -0.1) is 11.3 Å². The molecule has 0 amide bonds. The van der Waals surface area contributed by atoms with Crippen molar-refractivity contribution < 1.29 is 0 Å². The molecule has 2 nitrogen and oxygen atoms in total. The van der Waals surface area contributed by atoms with Gasteiger partial charge >= 0.3 is 0 Å². The third-order valence-electron chi connectivity index (χ3n) is 14.8. The molecule has 1 spiro atoms. The summed E-state index contributed by atoms with van der Waals surface area (Å²) in [6.07, 6.45) is 0. The van der Waals surface area contributed by atoms with Crippen LogP contribution in [0.3, 0.4) is 0 Å². The van der Waals surface area contributed by atoms with Crippen molar-refractivity contribution in [2.24, 2.45) is 0 Å². The molecular weight excluding hydrogens is 821 g/mol. The molecule has 10 aromatic carbocycles. The molecule has 0 saturated carbocycles. The van der Waals surface area contributed by atoms with Crippen LogP contribution in [0.25, 0.3) is 69.6 Å². The van der Waals surface area contributed by atoms with E-state index in [9.17, 15) is 0 Å². The number of hydrogen-bond donors (Lipinski definition) is 0. The summed E-state index contributed by atoms with van der Waals surface area (Å²) in [4.78, 5) is 2.53. The minimum Gasteiger partial charge on any atom is -0.310 e. The first-order chi connectivity index (χ1) is 32.0. The average Bonchev–Trinajstić information content (AvgIpc) is 3.90. The molecule has 1 aliphatic carbocycles. The Balaban J connectivity index is 1.07. The van der Waals surface area contributed by atoms with Gasteiger partial charge in [0.25, 0.3) is 0 Å². The molecule has 0 radical (unpaired) electrons. The highest BCUT2D eigenvalue weighted by Crippen LogP contribution is 2.56. The van der Waals surface area contributed by atoms with Gasteiger partial charge in [-0.05, 0) is 121 Å². The predicted molar refractivity (Wildman–Crippen MR) is 280 cm³/mol. The molecule has 12 aromatic rings. The van der Waals surface area contributed by atoms with Crippen molar-refractivity contribution in [2.75, 3.05) is 4.90 Å². The zero-order valence-electron chi connectivity index (χ0n) is 36.1. The fourth-order valence-corrected chi connectivity index (χ4v) is 16.3. The standard InChI is InChI=1S/C61H42N2SSi/c1-65(2)58-29-13-10-25-51(58)61(50-24-9-6-20-44(50)48-23-14-16-39-17-15-26-53(61)60(39)48)52-34-31-43(38-59(52)65)62(41-32-35-57-49(36-41)47-22-8-12-28-56(47)64-57)42-30-33-46-45-21-7-11-27-54(45)63(55(46)37-42)40-18-4-3-5-19-40/h3-38H,1-2H3. The Hall–Kier alpha value is -7.50. The number of hydrogen-bond acceptors (Lipinski definition) is 2. The van der Waals surface area contributed by atoms with Crippen LogP contribution >= 0.6 is 11.3 Å². The zero-order chi connectivity index (χ0) is 43.0. The SMILES string of the molecule is C[Si]1(C)c2ccccc2C2(c3ccccc3-c3cccc4cccc2c34)c2ccc(N(c3ccc4sc5ccccc5c4c3)c3ccc4c5ccccc5n(-c5ccccc5)c4c3)cc21. The van der Waals surface area contributed by atoms with Crippen molar-refractivity contribution in [2.45, 2.75) is 18.5 Å². The van der Waals surface area contributed by atoms with Gasteiger partial charge in [-0.3, -0.25) is 0 Å². The Morgan fingerprint density at radius 3 is 1.92 bits per heavy atom. The summed E-state index contributed by atoms with van der Waals surface area (Å²) in [5.41, 5.74) is 14.7. The van der Waals surface area contributed by atoms with E-state index in [0.29, 0.717) is 0 Å². The lowest BCUT2D eigenvalue weighted by Gasteiger charge is -2.50. The predicted octanol–water partition coefficient (Wildman–Crippen LogP) is 15.3. The van der Waals surface area contributed by atoms with Crippen molar-refractivity contribution in [1.82, 2.24) is 4.57 Å². The Bertz CT molecular complexity index is 3950. The van der Waals surface area contributed by atoms with E-state index >= 15 is 0 Å². The van der Waals surface area contributed by atoms with Crippen molar-refractivity contribution in [3.63, 3.8) is 0 Å². The largest absolute Gasteiger partial charge is 0.310 e. The number of rotatable bonds is 4. The summed E-state index contributed by atoms with van der Waals surface area (Å²) in [5.74, 6) is 0. The van der Waals surface area contributed by atoms with Gasteiger partial charge < -0.3 is 9.47 Å². The average molecular weight is 863 g/mol. The smallest absolute Gasteiger partial charge is 0.113 e. The topological polar surface area (TPSA) is 8.17 Å². The molecule has 4 heteroatoms. The maximum atomic E-state index is 2.59. The Kier molecular flexibility index (Phi) is 7.67. The summed E-state index contributed by atoms with van der Waals surface area (Å²) in [5, 5.41) is 10.7. The lowest BCUT2D eigenvalue weighted by molar-refractivity contribution is 0.754. The second-order valence-corrected chi connectivity index (χ2v) is 23.8. The fraction of sp³-hybridized carbons (Fsp3) is 0.0492. The van der Waals surface area contributed by atoms with Crippen LogP contribution in [0.5, 0.6) is 0 Å². The molecule has 3 heterocycles. The van der Waals surface area contributed by atoms with Gasteiger partial charge in [0, 0.05) is 53.7 Å². The molecule has 0 N–H and O–H groups in total. The van der Waals surface area contributed by atoms with Crippen LogP contribution < -0.4 is 15.3 Å². The quantitative estimate of drug-likeness (QED) is 0.160. The lowest BCUT2D eigenvalue weighted by Crippen LogP contribution is -2.63. The number of para-hydroxylation sites is 2. The van der Waals surface area contributed by atoms with E-state index in [1.54, 1.807) is 0 Å². The third kappa shape index (κ3) is 4.98. The van der Waals surface area contributed by atoms with Gasteiger partial charge in [0.1, 0.15) is 8.07 Å². The second kappa shape index (κ2) is 13.5. The van der Waals surface area contributed by atoms with Crippen LogP contribution in [0.1, 0.15) is 22.3 Å². The Labute approximate surface area is 382 Å². The summed E-state index contributed by atoms with van der Waals surface area (Å²) in [6, 6.07) is 82.7. The highest BCUT2D eigenvalue weighted by atomic mass is 32.1. The first-order valence-corrected chi connectivity index (χ1v) is 26.5. The van der Waals surface area contributed by atoms with Gasteiger partial charge in [-0.25, -0.2) is 0 Å². The van der Waals surface area contributed by atoms with Crippen molar-refractivity contribution >= 4 is 99.6 Å². The van der Waals surface area contributed by atoms with Gasteiger partial charge in [0.2, 0.25) is 0 Å². The molecule has 2 aromatic heterocycles. The number of anilines is 3. The van der Waals surface area contributed by atoms with E-state index in [4.69, 9.17) is 0 Å². The molecule has 2 aliphatic rings. The normalized spacial score (nSPS) is 15.7. The highest BCUT2D eigenvalue weighted by Gasteiger charge is 2.52. The van der Waals surface area contributed by atoms with Crippen LogP contribution in [0.4, 0.5) is 17.1 Å². The van der Waals surface area contributed by atoms with E-state index in [2.05, 4.69) is 241 Å². The van der Waals surface area contributed by atoms with E-state index < -0.39 is 13.5 Å². The number of thiophene rings is 1. The lowest BCUT2D eigenvalue weighted by atomic mass is 9.59. The van der Waals surface area contributed by atoms with Crippen LogP contribution in [0, 0.1) is 0 Å². The number of fused-ring (bicyclic) bond motifs is 14. The van der Waals surface area contributed by atoms with E-state index in [1.165, 1.54) is 102 Å². The molecule has 1 aliphatic heterocycles. The molecule has 14 rings (SSSR count). The summed E-state index contributed by atoms with van der Waals surface area (Å²) in [7, 11) is -2.33. The van der Waals surface area contributed by atoms with Gasteiger partial charge in [0.15, 0.2) is 0 Å². The maximum Gasteiger partial charge on any atom is 0.113 e. The minimum atomic E-state index is -2.33. The first-order valence-electron chi connectivity index (χ1n) is 22.7. The molecule has 306 valence electrons. The van der Waals surface area contributed by atoms with Gasteiger partial charge in [-0.1, -0.05) is 165 Å². The van der Waals surface area contributed by atoms with Crippen molar-refractivity contribution in [3.05, 3.63) is 241 Å². The number of aromatic nitrogens is 1. The number of nitrogens with zero attached hydrogens (tertiary/aromatic N) is 2. The molecule has 0 fully saturated rings. The monoisotopic (exact) mass is 862 g/mol. The third-order valence-corrected chi connectivity index (χ3v) is 19.5. The molecule has 1 unspecified atom stereocenters. The van der Waals surface area contributed by atoms with Crippen LogP contribution in [-0.2, 0) is 5.41 Å².